The van der Waals surface area contributed by atoms with Crippen molar-refractivity contribution in [3.8, 4) is 0 Å². The molecule has 6 rings (SSSR count). The van der Waals surface area contributed by atoms with Crippen molar-refractivity contribution in [2.45, 2.75) is 38.1 Å². The number of hydrazone groups is 1. The number of carbonyl (C=O) groups is 1. The molecule has 3 aromatic carbocycles. The normalized spacial score (nSPS) is 22.4. The van der Waals surface area contributed by atoms with Crippen LogP contribution in [0, 0.1) is 0 Å². The lowest BCUT2D eigenvalue weighted by molar-refractivity contribution is -0.114. The molecule has 34 heavy (non-hydrogen) atoms. The second-order valence-electron chi connectivity index (χ2n) is 9.09. The van der Waals surface area contributed by atoms with Gasteiger partial charge in [-0.05, 0) is 101 Å². The molecule has 1 aliphatic carbocycles. The van der Waals surface area contributed by atoms with Gasteiger partial charge in [0.25, 0.3) is 5.91 Å². The smallest absolute Gasteiger partial charge is 0.280 e. The first-order chi connectivity index (χ1) is 16.5. The van der Waals surface area contributed by atoms with Gasteiger partial charge >= 0.3 is 0 Å². The lowest BCUT2D eigenvalue weighted by atomic mass is 9.95. The van der Waals surface area contributed by atoms with Gasteiger partial charge in [-0.25, -0.2) is 0 Å². The van der Waals surface area contributed by atoms with Gasteiger partial charge in [-0.3, -0.25) is 4.79 Å². The predicted molar refractivity (Wildman–Crippen MR) is 146 cm³/mol. The maximum absolute atomic E-state index is 13.2. The van der Waals surface area contributed by atoms with Gasteiger partial charge in [-0.15, -0.1) is 0 Å². The van der Waals surface area contributed by atoms with Crippen molar-refractivity contribution in [1.29, 1.82) is 0 Å². The summed E-state index contributed by atoms with van der Waals surface area (Å²) in [6.07, 6.45) is 5.61. The van der Waals surface area contributed by atoms with Gasteiger partial charge in [0.05, 0.1) is 22.7 Å². The monoisotopic (exact) mass is 575 g/mol. The van der Waals surface area contributed by atoms with Crippen LogP contribution in [0.2, 0.25) is 0 Å². The molecule has 0 saturated heterocycles. The van der Waals surface area contributed by atoms with Crippen molar-refractivity contribution < 1.29 is 4.79 Å². The Morgan fingerprint density at radius 1 is 0.971 bits per heavy atom. The molecule has 1 saturated carbocycles. The Labute approximate surface area is 216 Å². The standard InChI is InChI=1S/C28H23Br2N3O/c1-17-23(28(34)33(31-17)21-6-3-2-4-7-21)14-18-15-24-22-8-5-9-26(22)32(27(24)25(30)16-18)20-12-10-19(29)11-13-20/h2-4,6-7,10-16,22,26H,5,8-9H2,1H3/b23-14-/t22-,26-/m0/s1. The fourth-order valence-corrected chi connectivity index (χ4v) is 6.51. The molecule has 3 aromatic rings. The minimum absolute atomic E-state index is 0.0875. The number of hydrogen-bond donors (Lipinski definition) is 0. The molecule has 1 amide bonds. The SMILES string of the molecule is CC1=NN(c2ccccc2)C(=O)/C1=C\c1cc(Br)c2c(c1)[C@@H]1CCC[C@@H]1N2c1ccc(Br)cc1. The average Bonchev–Trinajstić information content (AvgIpc) is 3.50. The third-order valence-corrected chi connectivity index (χ3v) is 8.18. The van der Waals surface area contributed by atoms with Crippen molar-refractivity contribution >= 4 is 66.6 Å². The van der Waals surface area contributed by atoms with Gasteiger partial charge in [0, 0.05) is 26.6 Å². The van der Waals surface area contributed by atoms with E-state index in [-0.39, 0.29) is 5.91 Å². The van der Waals surface area contributed by atoms with Crippen LogP contribution >= 0.6 is 31.9 Å². The Bertz CT molecular complexity index is 1350. The summed E-state index contributed by atoms with van der Waals surface area (Å²) in [5.41, 5.74) is 7.03. The Hall–Kier alpha value is -2.70. The van der Waals surface area contributed by atoms with E-state index in [0.717, 1.165) is 25.9 Å². The Balaban J connectivity index is 1.40. The summed E-state index contributed by atoms with van der Waals surface area (Å²) in [5, 5.41) is 6.02. The van der Waals surface area contributed by atoms with Gasteiger partial charge in [0.2, 0.25) is 0 Å². The third-order valence-electron chi connectivity index (χ3n) is 7.05. The number of amides is 1. The number of para-hydroxylation sites is 1. The Morgan fingerprint density at radius 2 is 1.74 bits per heavy atom. The van der Waals surface area contributed by atoms with Crippen LogP contribution in [0.1, 0.15) is 43.2 Å². The molecular formula is C28H23Br2N3O. The molecule has 0 bridgehead atoms. The summed E-state index contributed by atoms with van der Waals surface area (Å²) >= 11 is 7.44. The zero-order chi connectivity index (χ0) is 23.4. The zero-order valence-electron chi connectivity index (χ0n) is 18.7. The van der Waals surface area contributed by atoms with Crippen molar-refractivity contribution in [2.24, 2.45) is 5.10 Å². The van der Waals surface area contributed by atoms with Gasteiger partial charge < -0.3 is 4.90 Å². The molecule has 6 heteroatoms. The second-order valence-corrected chi connectivity index (χ2v) is 10.9. The van der Waals surface area contributed by atoms with E-state index in [9.17, 15) is 4.79 Å². The first-order valence-corrected chi connectivity index (χ1v) is 13.1. The number of carbonyl (C=O) groups excluding carboxylic acids is 1. The topological polar surface area (TPSA) is 35.9 Å². The van der Waals surface area contributed by atoms with E-state index >= 15 is 0 Å². The Morgan fingerprint density at radius 3 is 2.50 bits per heavy atom. The number of fused-ring (bicyclic) bond motifs is 3. The maximum Gasteiger partial charge on any atom is 0.280 e. The molecule has 170 valence electrons. The van der Waals surface area contributed by atoms with E-state index in [1.165, 1.54) is 41.2 Å². The van der Waals surface area contributed by atoms with Crippen LogP contribution < -0.4 is 9.91 Å². The van der Waals surface area contributed by atoms with Crippen molar-refractivity contribution in [3.05, 3.63) is 92.4 Å². The first kappa shape index (κ1) is 21.8. The molecule has 1 fully saturated rings. The summed E-state index contributed by atoms with van der Waals surface area (Å²) in [6, 6.07) is 23.1. The number of anilines is 3. The van der Waals surface area contributed by atoms with Crippen LogP contribution in [0.25, 0.3) is 6.08 Å². The second kappa shape index (κ2) is 8.51. The number of halogens is 2. The fraction of sp³-hybridized carbons (Fsp3) is 0.214. The molecule has 2 heterocycles. The summed E-state index contributed by atoms with van der Waals surface area (Å²) in [7, 11) is 0. The number of benzene rings is 3. The number of hydrogen-bond acceptors (Lipinski definition) is 3. The highest BCUT2D eigenvalue weighted by molar-refractivity contribution is 9.10. The molecule has 2 aliphatic heterocycles. The molecular weight excluding hydrogens is 554 g/mol. The largest absolute Gasteiger partial charge is 0.337 e. The fourth-order valence-electron chi connectivity index (χ4n) is 5.56. The van der Waals surface area contributed by atoms with Crippen LogP contribution in [0.5, 0.6) is 0 Å². The predicted octanol–water partition coefficient (Wildman–Crippen LogP) is 7.81. The number of nitrogens with zero attached hydrogens (tertiary/aromatic N) is 3. The van der Waals surface area contributed by atoms with Crippen LogP contribution in [-0.4, -0.2) is 17.7 Å². The molecule has 2 atom stereocenters. The van der Waals surface area contributed by atoms with E-state index in [1.54, 1.807) is 0 Å². The minimum atomic E-state index is -0.0875. The summed E-state index contributed by atoms with van der Waals surface area (Å²) in [5.74, 6) is 0.415. The molecule has 0 aromatic heterocycles. The highest BCUT2D eigenvalue weighted by Crippen LogP contribution is 2.55. The maximum atomic E-state index is 13.2. The summed E-state index contributed by atoms with van der Waals surface area (Å²) < 4.78 is 2.15. The van der Waals surface area contributed by atoms with Crippen molar-refractivity contribution in [3.63, 3.8) is 0 Å². The molecule has 0 unspecified atom stereocenters. The van der Waals surface area contributed by atoms with Gasteiger partial charge in [-0.1, -0.05) is 40.5 Å². The van der Waals surface area contributed by atoms with E-state index in [4.69, 9.17) is 0 Å². The molecule has 0 N–H and O–H groups in total. The Kier molecular flexibility index (Phi) is 5.46. The summed E-state index contributed by atoms with van der Waals surface area (Å²) in [6.45, 7) is 1.90. The van der Waals surface area contributed by atoms with E-state index in [2.05, 4.69) is 78.3 Å². The van der Waals surface area contributed by atoms with Crippen LogP contribution in [0.3, 0.4) is 0 Å². The third kappa shape index (κ3) is 3.55. The zero-order valence-corrected chi connectivity index (χ0v) is 21.9. The van der Waals surface area contributed by atoms with Gasteiger partial charge in [0.1, 0.15) is 0 Å². The molecule has 0 spiro atoms. The minimum Gasteiger partial charge on any atom is -0.337 e. The molecule has 4 nitrogen and oxygen atoms in total. The lowest BCUT2D eigenvalue weighted by Gasteiger charge is -2.28. The van der Waals surface area contributed by atoms with Crippen LogP contribution in [-0.2, 0) is 4.79 Å². The van der Waals surface area contributed by atoms with Crippen molar-refractivity contribution in [1.82, 2.24) is 0 Å². The number of rotatable bonds is 3. The molecule has 3 aliphatic rings. The van der Waals surface area contributed by atoms with E-state index in [1.807, 2.05) is 43.3 Å². The van der Waals surface area contributed by atoms with E-state index < -0.39 is 0 Å². The van der Waals surface area contributed by atoms with Gasteiger partial charge in [-0.2, -0.15) is 10.1 Å². The highest BCUT2D eigenvalue weighted by atomic mass is 79.9. The average molecular weight is 577 g/mol. The first-order valence-electron chi connectivity index (χ1n) is 11.6. The molecule has 0 radical (unpaired) electrons. The van der Waals surface area contributed by atoms with E-state index in [0.29, 0.717) is 17.5 Å². The lowest BCUT2D eigenvalue weighted by Crippen LogP contribution is -2.26. The highest BCUT2D eigenvalue weighted by Gasteiger charge is 2.43. The quantitative estimate of drug-likeness (QED) is 0.298. The van der Waals surface area contributed by atoms with Crippen LogP contribution in [0.4, 0.5) is 17.1 Å². The van der Waals surface area contributed by atoms with Gasteiger partial charge in [0.15, 0.2) is 0 Å². The summed E-state index contributed by atoms with van der Waals surface area (Å²) in [4.78, 5) is 15.7. The van der Waals surface area contributed by atoms with Crippen molar-refractivity contribution in [2.75, 3.05) is 9.91 Å². The van der Waals surface area contributed by atoms with Crippen LogP contribution in [0.15, 0.2) is 86.3 Å².